The van der Waals surface area contributed by atoms with Gasteiger partial charge in [0.2, 0.25) is 5.43 Å². The Balaban J connectivity index is 1.55. The molecular formula is C28H28F3N3O7. The van der Waals surface area contributed by atoms with Gasteiger partial charge in [-0.05, 0) is 51.5 Å². The zero-order chi connectivity index (χ0) is 29.7. The van der Waals surface area contributed by atoms with Crippen molar-refractivity contribution in [2.45, 2.75) is 38.4 Å². The molecule has 2 unspecified atom stereocenters. The zero-order valence-corrected chi connectivity index (χ0v) is 22.5. The van der Waals surface area contributed by atoms with Crippen LogP contribution in [0.3, 0.4) is 0 Å². The summed E-state index contributed by atoms with van der Waals surface area (Å²) in [6, 6.07) is 5.00. The third-order valence-electron chi connectivity index (χ3n) is 7.18. The number of benzene rings is 2. The molecule has 13 heteroatoms. The molecule has 3 heterocycles. The number of anilines is 1. The van der Waals surface area contributed by atoms with E-state index in [9.17, 15) is 23.2 Å². The van der Waals surface area contributed by atoms with E-state index in [1.165, 1.54) is 6.07 Å². The van der Waals surface area contributed by atoms with Gasteiger partial charge < -0.3 is 34.1 Å². The van der Waals surface area contributed by atoms with Crippen molar-refractivity contribution >= 4 is 28.8 Å². The van der Waals surface area contributed by atoms with Gasteiger partial charge in [0.15, 0.2) is 5.75 Å². The molecule has 1 amide bonds. The maximum atomic E-state index is 15.6. The van der Waals surface area contributed by atoms with Crippen LogP contribution in [0, 0.1) is 23.4 Å². The molecule has 1 aromatic heterocycles. The molecule has 218 valence electrons. The van der Waals surface area contributed by atoms with Crippen LogP contribution < -0.4 is 20.4 Å². The number of nitrogens with zero attached hydrogens (tertiary/aromatic N) is 2. The van der Waals surface area contributed by atoms with E-state index < -0.39 is 52.1 Å². The van der Waals surface area contributed by atoms with Crippen molar-refractivity contribution in [1.29, 1.82) is 0 Å². The highest BCUT2D eigenvalue weighted by atomic mass is 19.1. The molecule has 2 aliphatic heterocycles. The standard InChI is InChI=1S/C28H28F3N3O7/c1-27(2,3)41-25(36)32-13-28-14-33(11-15(28)6-7-39-28)22-10-21-17(9-19(22)31)24(35)23(40-26(37)38)12-34(21)20-5-4-16(29)8-18(20)30/h4-5,8-10,12,15H,6-7,11,13-14H2,1-3H3,(H,32,36)(H,37,38). The maximum Gasteiger partial charge on any atom is 0.511 e. The number of carboxylic acid groups (broad SMARTS) is 1. The van der Waals surface area contributed by atoms with Crippen LogP contribution in [0.5, 0.6) is 5.75 Å². The van der Waals surface area contributed by atoms with Gasteiger partial charge in [0, 0.05) is 31.7 Å². The maximum absolute atomic E-state index is 15.6. The average Bonchev–Trinajstić information content (AvgIpc) is 3.41. The molecule has 0 aliphatic carbocycles. The quantitative estimate of drug-likeness (QED) is 0.425. The number of ether oxygens (including phenoxy) is 3. The molecule has 2 aliphatic rings. The minimum atomic E-state index is -1.79. The molecule has 5 rings (SSSR count). The number of hydrogen-bond acceptors (Lipinski definition) is 7. The number of rotatable bonds is 5. The van der Waals surface area contributed by atoms with E-state index in [1.54, 1.807) is 25.7 Å². The average molecular weight is 576 g/mol. The van der Waals surface area contributed by atoms with Crippen LogP contribution in [0.15, 0.2) is 41.3 Å². The SMILES string of the molecule is CC(C)(C)OC(=O)NCC12CN(c3cc4c(cc3F)c(=O)c(OC(=O)O)cn4-c3ccc(F)cc3F)CC1CCO2. The summed E-state index contributed by atoms with van der Waals surface area (Å²) in [5.41, 5.74) is -2.54. The number of carbonyl (C=O) groups is 2. The van der Waals surface area contributed by atoms with E-state index in [4.69, 9.17) is 14.6 Å². The molecule has 0 saturated carbocycles. The topological polar surface area (TPSA) is 119 Å². The number of hydrogen-bond donors (Lipinski definition) is 2. The number of nitrogens with one attached hydrogen (secondary N) is 1. The van der Waals surface area contributed by atoms with Crippen LogP contribution in [0.1, 0.15) is 27.2 Å². The molecule has 0 radical (unpaired) electrons. The summed E-state index contributed by atoms with van der Waals surface area (Å²) in [4.78, 5) is 38.2. The van der Waals surface area contributed by atoms with Crippen molar-refractivity contribution in [3.05, 3.63) is 64.2 Å². The van der Waals surface area contributed by atoms with Gasteiger partial charge in [0.1, 0.15) is 28.7 Å². The minimum absolute atomic E-state index is 0.0357. The van der Waals surface area contributed by atoms with Crippen molar-refractivity contribution in [3.63, 3.8) is 0 Å². The largest absolute Gasteiger partial charge is 0.511 e. The second-order valence-corrected chi connectivity index (χ2v) is 11.1. The van der Waals surface area contributed by atoms with Crippen molar-refractivity contribution in [2.75, 3.05) is 31.1 Å². The van der Waals surface area contributed by atoms with Gasteiger partial charge in [-0.2, -0.15) is 0 Å². The molecule has 2 N–H and O–H groups in total. The second kappa shape index (κ2) is 10.3. The highest BCUT2D eigenvalue weighted by molar-refractivity contribution is 5.86. The third-order valence-corrected chi connectivity index (χ3v) is 7.18. The Morgan fingerprint density at radius 1 is 1.15 bits per heavy atom. The molecule has 2 saturated heterocycles. The van der Waals surface area contributed by atoms with E-state index in [-0.39, 0.29) is 41.3 Å². The first-order valence-electron chi connectivity index (χ1n) is 12.9. The molecule has 41 heavy (non-hydrogen) atoms. The Bertz CT molecular complexity index is 1600. The molecule has 2 fully saturated rings. The number of fused-ring (bicyclic) bond motifs is 2. The summed E-state index contributed by atoms with van der Waals surface area (Å²) in [5, 5.41) is 11.5. The molecule has 2 atom stereocenters. The van der Waals surface area contributed by atoms with Gasteiger partial charge in [0.05, 0.1) is 35.0 Å². The summed E-state index contributed by atoms with van der Waals surface area (Å²) in [6.45, 7) is 6.39. The van der Waals surface area contributed by atoms with E-state index in [2.05, 4.69) is 10.1 Å². The predicted molar refractivity (Wildman–Crippen MR) is 141 cm³/mol. The Kier molecular flexibility index (Phi) is 7.10. The number of amides is 1. The van der Waals surface area contributed by atoms with E-state index in [1.807, 2.05) is 0 Å². The minimum Gasteiger partial charge on any atom is -0.449 e. The van der Waals surface area contributed by atoms with Crippen LogP contribution in [0.25, 0.3) is 16.6 Å². The first-order valence-corrected chi connectivity index (χ1v) is 12.9. The molecule has 0 spiro atoms. The first-order chi connectivity index (χ1) is 19.3. The van der Waals surface area contributed by atoms with Crippen molar-refractivity contribution < 1.29 is 42.1 Å². The van der Waals surface area contributed by atoms with Gasteiger partial charge in [-0.1, -0.05) is 0 Å². The Morgan fingerprint density at radius 2 is 1.88 bits per heavy atom. The Morgan fingerprint density at radius 3 is 2.56 bits per heavy atom. The van der Waals surface area contributed by atoms with Gasteiger partial charge in [-0.15, -0.1) is 0 Å². The lowest BCUT2D eigenvalue weighted by Gasteiger charge is -2.29. The van der Waals surface area contributed by atoms with E-state index in [0.29, 0.717) is 25.6 Å². The van der Waals surface area contributed by atoms with E-state index >= 15 is 4.39 Å². The van der Waals surface area contributed by atoms with Crippen LogP contribution in [-0.4, -0.2) is 59.4 Å². The Labute approximate surface area is 232 Å². The van der Waals surface area contributed by atoms with Crippen molar-refractivity contribution in [3.8, 4) is 11.4 Å². The van der Waals surface area contributed by atoms with Crippen LogP contribution >= 0.6 is 0 Å². The fourth-order valence-corrected chi connectivity index (χ4v) is 5.44. The lowest BCUT2D eigenvalue weighted by Crippen LogP contribution is -2.49. The smallest absolute Gasteiger partial charge is 0.449 e. The molecule has 0 bridgehead atoms. The highest BCUT2D eigenvalue weighted by Gasteiger charge is 2.51. The number of pyridine rings is 1. The van der Waals surface area contributed by atoms with Gasteiger partial charge >= 0.3 is 12.2 Å². The normalized spacial score (nSPS) is 20.2. The summed E-state index contributed by atoms with van der Waals surface area (Å²) in [5.74, 6) is -3.38. The van der Waals surface area contributed by atoms with Crippen molar-refractivity contribution in [1.82, 2.24) is 9.88 Å². The summed E-state index contributed by atoms with van der Waals surface area (Å²) in [6.07, 6.45) is -0.770. The number of alkyl carbamates (subject to hydrolysis) is 1. The first kappa shape index (κ1) is 28.3. The number of halogens is 3. The summed E-state index contributed by atoms with van der Waals surface area (Å²) in [7, 11) is 0. The fraction of sp³-hybridized carbons (Fsp3) is 0.393. The molecule has 2 aromatic carbocycles. The lowest BCUT2D eigenvalue weighted by molar-refractivity contribution is -0.000269. The number of aromatic nitrogens is 1. The van der Waals surface area contributed by atoms with Gasteiger partial charge in [-0.3, -0.25) is 4.79 Å². The molecule has 10 nitrogen and oxygen atoms in total. The van der Waals surface area contributed by atoms with Crippen LogP contribution in [-0.2, 0) is 9.47 Å². The highest BCUT2D eigenvalue weighted by Crippen LogP contribution is 2.42. The number of carbonyl (C=O) groups excluding carboxylic acids is 1. The zero-order valence-electron chi connectivity index (χ0n) is 22.5. The van der Waals surface area contributed by atoms with Crippen molar-refractivity contribution in [2.24, 2.45) is 5.92 Å². The monoisotopic (exact) mass is 575 g/mol. The molecule has 3 aromatic rings. The van der Waals surface area contributed by atoms with Crippen LogP contribution in [0.4, 0.5) is 28.4 Å². The predicted octanol–water partition coefficient (Wildman–Crippen LogP) is 4.58. The Hall–Kier alpha value is -4.26. The van der Waals surface area contributed by atoms with Crippen LogP contribution in [0.2, 0.25) is 0 Å². The fourth-order valence-electron chi connectivity index (χ4n) is 5.44. The lowest BCUT2D eigenvalue weighted by atomic mass is 9.91. The third kappa shape index (κ3) is 5.53. The van der Waals surface area contributed by atoms with E-state index in [0.717, 1.165) is 29.0 Å². The summed E-state index contributed by atoms with van der Waals surface area (Å²) >= 11 is 0. The molecular weight excluding hydrogens is 547 g/mol. The van der Waals surface area contributed by atoms with Gasteiger partial charge in [-0.25, -0.2) is 22.8 Å². The second-order valence-electron chi connectivity index (χ2n) is 11.1. The summed E-state index contributed by atoms with van der Waals surface area (Å²) < 4.78 is 61.2. The van der Waals surface area contributed by atoms with Gasteiger partial charge in [0.25, 0.3) is 0 Å².